The molecule has 1 aromatic rings. The van der Waals surface area contributed by atoms with Crippen molar-refractivity contribution >= 4 is 27.3 Å². The molecule has 1 N–H and O–H groups in total. The lowest BCUT2D eigenvalue weighted by Crippen LogP contribution is -2.19. The quantitative estimate of drug-likeness (QED) is 0.865. The fraction of sp³-hybridized carbons (Fsp3) is 0.571. The van der Waals surface area contributed by atoms with Crippen LogP contribution in [-0.4, -0.2) is 24.2 Å². The first-order valence-corrected chi connectivity index (χ1v) is 5.44. The second kappa shape index (κ2) is 3.72. The summed E-state index contributed by atoms with van der Waals surface area (Å²) in [6, 6.07) is 0. The zero-order valence-corrected chi connectivity index (χ0v) is 8.82. The maximum absolute atomic E-state index is 5.61. The normalized spacial score (nSPS) is 22.9. The number of aromatic nitrogens is 1. The second-order valence-corrected chi connectivity index (χ2v) is 5.04. The molecule has 1 atom stereocenters. The molecule has 1 unspecified atom stereocenters. The molecule has 1 aliphatic rings. The van der Waals surface area contributed by atoms with Gasteiger partial charge in [0.1, 0.15) is 6.10 Å². The number of ether oxygens (including phenoxy) is 1. The Bertz CT molecular complexity index is 260. The van der Waals surface area contributed by atoms with Crippen molar-refractivity contribution in [3.63, 3.8) is 0 Å². The van der Waals surface area contributed by atoms with Crippen molar-refractivity contribution in [2.45, 2.75) is 12.5 Å². The average molecular weight is 249 g/mol. The zero-order valence-electron chi connectivity index (χ0n) is 6.42. The molecule has 5 heteroatoms. The van der Waals surface area contributed by atoms with Crippen LogP contribution in [0.15, 0.2) is 9.98 Å². The maximum atomic E-state index is 5.61. The summed E-state index contributed by atoms with van der Waals surface area (Å²) in [5, 5.41) is 4.00. The minimum atomic E-state index is 0.308. The third-order valence-corrected chi connectivity index (χ3v) is 3.11. The maximum Gasteiger partial charge on any atom is 0.274 e. The van der Waals surface area contributed by atoms with Crippen LogP contribution in [0.2, 0.25) is 0 Å². The van der Waals surface area contributed by atoms with E-state index in [1.165, 1.54) is 11.3 Å². The van der Waals surface area contributed by atoms with E-state index in [9.17, 15) is 0 Å². The van der Waals surface area contributed by atoms with Crippen molar-refractivity contribution in [1.82, 2.24) is 10.3 Å². The molecule has 0 saturated carbocycles. The number of hydrogen-bond donors (Lipinski definition) is 1. The first-order valence-electron chi connectivity index (χ1n) is 3.83. The Morgan fingerprint density at radius 3 is 3.25 bits per heavy atom. The Kier molecular flexibility index (Phi) is 2.63. The van der Waals surface area contributed by atoms with E-state index in [1.807, 2.05) is 0 Å². The Hall–Kier alpha value is -0.130. The van der Waals surface area contributed by atoms with E-state index >= 15 is 0 Å². The molecule has 1 saturated heterocycles. The number of thiazole rings is 1. The predicted octanol–water partition coefficient (Wildman–Crippen LogP) is 1.65. The zero-order chi connectivity index (χ0) is 8.39. The van der Waals surface area contributed by atoms with E-state index in [0.29, 0.717) is 6.10 Å². The van der Waals surface area contributed by atoms with E-state index in [1.54, 1.807) is 6.20 Å². The van der Waals surface area contributed by atoms with Gasteiger partial charge in [-0.05, 0) is 28.9 Å². The molecule has 1 fully saturated rings. The molecular formula is C7H9BrN2OS. The summed E-state index contributed by atoms with van der Waals surface area (Å²) in [6.45, 7) is 1.99. The lowest BCUT2D eigenvalue weighted by Gasteiger charge is -2.07. The molecule has 0 spiro atoms. The largest absolute Gasteiger partial charge is 0.465 e. The molecule has 66 valence electrons. The molecule has 0 aliphatic carbocycles. The third-order valence-electron chi connectivity index (χ3n) is 1.74. The van der Waals surface area contributed by atoms with E-state index in [0.717, 1.165) is 28.5 Å². The number of rotatable bonds is 2. The van der Waals surface area contributed by atoms with E-state index < -0.39 is 0 Å². The van der Waals surface area contributed by atoms with Gasteiger partial charge in [-0.1, -0.05) is 11.3 Å². The monoisotopic (exact) mass is 248 g/mol. The number of halogens is 1. The van der Waals surface area contributed by atoms with Gasteiger partial charge in [0, 0.05) is 6.54 Å². The number of nitrogens with one attached hydrogen (secondary N) is 1. The van der Waals surface area contributed by atoms with Gasteiger partial charge in [0.2, 0.25) is 0 Å². The van der Waals surface area contributed by atoms with Crippen LogP contribution >= 0.6 is 27.3 Å². The molecule has 1 aliphatic heterocycles. The average Bonchev–Trinajstić information content (AvgIpc) is 2.63. The Morgan fingerprint density at radius 1 is 1.75 bits per heavy atom. The smallest absolute Gasteiger partial charge is 0.274 e. The molecule has 0 aromatic carbocycles. The van der Waals surface area contributed by atoms with Crippen LogP contribution in [0.5, 0.6) is 5.19 Å². The summed E-state index contributed by atoms with van der Waals surface area (Å²) < 4.78 is 6.63. The van der Waals surface area contributed by atoms with E-state index in [-0.39, 0.29) is 0 Å². The summed E-state index contributed by atoms with van der Waals surface area (Å²) >= 11 is 4.87. The van der Waals surface area contributed by atoms with Crippen LogP contribution in [0.25, 0.3) is 0 Å². The minimum absolute atomic E-state index is 0.308. The lowest BCUT2D eigenvalue weighted by atomic mass is 10.3. The van der Waals surface area contributed by atoms with Crippen LogP contribution in [0.4, 0.5) is 0 Å². The van der Waals surface area contributed by atoms with Crippen molar-refractivity contribution in [3.8, 4) is 5.19 Å². The van der Waals surface area contributed by atoms with Gasteiger partial charge in [0.05, 0.1) is 9.98 Å². The predicted molar refractivity (Wildman–Crippen MR) is 51.7 cm³/mol. The molecular weight excluding hydrogens is 240 g/mol. The molecule has 2 rings (SSSR count). The first-order chi connectivity index (χ1) is 5.84. The standard InChI is InChI=1S/C7H9BrN2OS/c8-6-4-10-7(12-6)11-5-1-2-9-3-5/h4-5,9H,1-3H2. The van der Waals surface area contributed by atoms with Gasteiger partial charge < -0.3 is 10.1 Å². The van der Waals surface area contributed by atoms with Gasteiger partial charge in [-0.3, -0.25) is 0 Å². The van der Waals surface area contributed by atoms with Gasteiger partial charge >= 0.3 is 0 Å². The summed E-state index contributed by atoms with van der Waals surface area (Å²) in [5.41, 5.74) is 0. The van der Waals surface area contributed by atoms with Crippen LogP contribution in [0.3, 0.4) is 0 Å². The molecule has 3 nitrogen and oxygen atoms in total. The second-order valence-electron chi connectivity index (χ2n) is 2.66. The molecule has 0 radical (unpaired) electrons. The summed E-state index contributed by atoms with van der Waals surface area (Å²) in [6.07, 6.45) is 3.16. The van der Waals surface area contributed by atoms with E-state index in [4.69, 9.17) is 4.74 Å². The minimum Gasteiger partial charge on any atom is -0.465 e. The highest BCUT2D eigenvalue weighted by molar-refractivity contribution is 9.11. The summed E-state index contributed by atoms with van der Waals surface area (Å²) in [5.74, 6) is 0. The van der Waals surface area contributed by atoms with Crippen molar-refractivity contribution in [1.29, 1.82) is 0 Å². The van der Waals surface area contributed by atoms with Crippen LogP contribution in [0.1, 0.15) is 6.42 Å². The molecule has 1 aromatic heterocycles. The Balaban J connectivity index is 1.94. The topological polar surface area (TPSA) is 34.1 Å². The summed E-state index contributed by atoms with van der Waals surface area (Å²) in [4.78, 5) is 4.10. The fourth-order valence-corrected chi connectivity index (χ4v) is 2.25. The van der Waals surface area contributed by atoms with Gasteiger partial charge in [-0.15, -0.1) is 0 Å². The highest BCUT2D eigenvalue weighted by Crippen LogP contribution is 2.26. The molecule has 12 heavy (non-hydrogen) atoms. The van der Waals surface area contributed by atoms with Gasteiger partial charge in [-0.2, -0.15) is 0 Å². The number of hydrogen-bond acceptors (Lipinski definition) is 4. The lowest BCUT2D eigenvalue weighted by molar-refractivity contribution is 0.222. The third kappa shape index (κ3) is 1.97. The van der Waals surface area contributed by atoms with Crippen molar-refractivity contribution in [2.75, 3.05) is 13.1 Å². The Morgan fingerprint density at radius 2 is 2.67 bits per heavy atom. The first kappa shape index (κ1) is 8.47. The molecule has 2 heterocycles. The van der Waals surface area contributed by atoms with Gasteiger partial charge in [0.25, 0.3) is 5.19 Å². The highest BCUT2D eigenvalue weighted by Gasteiger charge is 2.16. The van der Waals surface area contributed by atoms with Crippen molar-refractivity contribution in [2.24, 2.45) is 0 Å². The Labute approximate surface area is 83.3 Å². The van der Waals surface area contributed by atoms with Crippen LogP contribution in [-0.2, 0) is 0 Å². The molecule has 0 bridgehead atoms. The molecule has 0 amide bonds. The van der Waals surface area contributed by atoms with Gasteiger partial charge in [-0.25, -0.2) is 4.98 Å². The number of nitrogens with zero attached hydrogens (tertiary/aromatic N) is 1. The van der Waals surface area contributed by atoms with Crippen molar-refractivity contribution < 1.29 is 4.74 Å². The van der Waals surface area contributed by atoms with Gasteiger partial charge in [0.15, 0.2) is 0 Å². The van der Waals surface area contributed by atoms with Crippen LogP contribution < -0.4 is 10.1 Å². The van der Waals surface area contributed by atoms with Crippen molar-refractivity contribution in [3.05, 3.63) is 9.98 Å². The highest BCUT2D eigenvalue weighted by atomic mass is 79.9. The van der Waals surface area contributed by atoms with E-state index in [2.05, 4.69) is 26.2 Å². The van der Waals surface area contributed by atoms with Crippen LogP contribution in [0, 0.1) is 0 Å². The summed E-state index contributed by atoms with van der Waals surface area (Å²) in [7, 11) is 0. The fourth-order valence-electron chi connectivity index (χ4n) is 1.17. The SMILES string of the molecule is Brc1cnc(OC2CCNC2)s1.